The molecule has 0 radical (unpaired) electrons. The molecular formula is C13H16N2O. The van der Waals surface area contributed by atoms with Crippen molar-refractivity contribution in [3.63, 3.8) is 0 Å². The van der Waals surface area contributed by atoms with Crippen LogP contribution in [0.1, 0.15) is 28.9 Å². The Labute approximate surface area is 94.6 Å². The molecule has 2 aromatic rings. The SMILES string of the molecule is Cc1[nH]c2ccccc2c1C(=O)CCCN. The molecule has 84 valence electrons. The molecule has 0 fully saturated rings. The van der Waals surface area contributed by atoms with Crippen molar-refractivity contribution in [2.75, 3.05) is 6.54 Å². The fraction of sp³-hybridized carbons (Fsp3) is 0.308. The van der Waals surface area contributed by atoms with Crippen LogP contribution in [0.15, 0.2) is 24.3 Å². The molecule has 0 aliphatic carbocycles. The van der Waals surface area contributed by atoms with E-state index in [4.69, 9.17) is 5.73 Å². The highest BCUT2D eigenvalue weighted by molar-refractivity contribution is 6.09. The van der Waals surface area contributed by atoms with Crippen LogP contribution >= 0.6 is 0 Å². The highest BCUT2D eigenvalue weighted by Gasteiger charge is 2.14. The molecule has 0 saturated heterocycles. The number of carbonyl (C=O) groups excluding carboxylic acids is 1. The highest BCUT2D eigenvalue weighted by Crippen LogP contribution is 2.23. The Balaban J connectivity index is 2.43. The lowest BCUT2D eigenvalue weighted by molar-refractivity contribution is 0.0982. The summed E-state index contributed by atoms with van der Waals surface area (Å²) in [5.74, 6) is 0.181. The largest absolute Gasteiger partial charge is 0.358 e. The number of aryl methyl sites for hydroxylation is 1. The number of ketones is 1. The van der Waals surface area contributed by atoms with E-state index in [0.29, 0.717) is 13.0 Å². The van der Waals surface area contributed by atoms with E-state index < -0.39 is 0 Å². The van der Waals surface area contributed by atoms with Gasteiger partial charge in [-0.3, -0.25) is 4.79 Å². The van der Waals surface area contributed by atoms with Crippen LogP contribution < -0.4 is 5.73 Å². The van der Waals surface area contributed by atoms with Gasteiger partial charge in [-0.2, -0.15) is 0 Å². The van der Waals surface area contributed by atoms with Crippen molar-refractivity contribution < 1.29 is 4.79 Å². The van der Waals surface area contributed by atoms with Crippen LogP contribution in [0, 0.1) is 6.92 Å². The lowest BCUT2D eigenvalue weighted by Crippen LogP contribution is -2.05. The lowest BCUT2D eigenvalue weighted by Gasteiger charge is -1.99. The summed E-state index contributed by atoms with van der Waals surface area (Å²) in [5, 5.41) is 1.02. The van der Waals surface area contributed by atoms with Gasteiger partial charge < -0.3 is 10.7 Å². The number of rotatable bonds is 4. The number of hydrogen-bond donors (Lipinski definition) is 2. The number of aromatic nitrogens is 1. The van der Waals surface area contributed by atoms with Gasteiger partial charge in [0.05, 0.1) is 0 Å². The van der Waals surface area contributed by atoms with E-state index in [-0.39, 0.29) is 5.78 Å². The average molecular weight is 216 g/mol. The lowest BCUT2D eigenvalue weighted by atomic mass is 10.0. The van der Waals surface area contributed by atoms with Crippen molar-refractivity contribution in [2.24, 2.45) is 5.73 Å². The van der Waals surface area contributed by atoms with Gasteiger partial charge in [0.1, 0.15) is 0 Å². The predicted molar refractivity (Wildman–Crippen MR) is 65.7 cm³/mol. The molecular weight excluding hydrogens is 200 g/mol. The van der Waals surface area contributed by atoms with E-state index in [1.54, 1.807) is 0 Å². The van der Waals surface area contributed by atoms with Crippen molar-refractivity contribution in [3.05, 3.63) is 35.5 Å². The van der Waals surface area contributed by atoms with Gasteiger partial charge in [0.2, 0.25) is 0 Å². The minimum Gasteiger partial charge on any atom is -0.358 e. The van der Waals surface area contributed by atoms with Crippen LogP contribution in [0.4, 0.5) is 0 Å². The molecule has 0 spiro atoms. The zero-order valence-corrected chi connectivity index (χ0v) is 9.42. The van der Waals surface area contributed by atoms with Gasteiger partial charge in [-0.1, -0.05) is 18.2 Å². The van der Waals surface area contributed by atoms with Crippen molar-refractivity contribution in [2.45, 2.75) is 19.8 Å². The summed E-state index contributed by atoms with van der Waals surface area (Å²) < 4.78 is 0. The molecule has 0 aliphatic heterocycles. The molecule has 0 bridgehead atoms. The first-order valence-corrected chi connectivity index (χ1v) is 5.54. The third kappa shape index (κ3) is 1.86. The Bertz CT molecular complexity index is 514. The summed E-state index contributed by atoms with van der Waals surface area (Å²) in [6.07, 6.45) is 1.27. The number of hydrogen-bond acceptors (Lipinski definition) is 2. The van der Waals surface area contributed by atoms with Gasteiger partial charge in [-0.25, -0.2) is 0 Å². The molecule has 3 nitrogen and oxygen atoms in total. The third-order valence-corrected chi connectivity index (χ3v) is 2.78. The van der Waals surface area contributed by atoms with Crippen LogP contribution in [0.25, 0.3) is 10.9 Å². The maximum atomic E-state index is 12.0. The van der Waals surface area contributed by atoms with E-state index in [1.807, 2.05) is 31.2 Å². The molecule has 1 heterocycles. The number of Topliss-reactive ketones (excluding diaryl/α,β-unsaturated/α-hetero) is 1. The second-order valence-electron chi connectivity index (χ2n) is 3.99. The highest BCUT2D eigenvalue weighted by atomic mass is 16.1. The van der Waals surface area contributed by atoms with Gasteiger partial charge in [0, 0.05) is 28.6 Å². The fourth-order valence-electron chi connectivity index (χ4n) is 2.02. The summed E-state index contributed by atoms with van der Waals surface area (Å²) >= 11 is 0. The first-order chi connectivity index (χ1) is 7.74. The quantitative estimate of drug-likeness (QED) is 0.771. The van der Waals surface area contributed by atoms with Crippen LogP contribution in [0.3, 0.4) is 0 Å². The van der Waals surface area contributed by atoms with Gasteiger partial charge in [0.25, 0.3) is 0 Å². The molecule has 2 rings (SSSR count). The fourth-order valence-corrected chi connectivity index (χ4v) is 2.02. The molecule has 3 heteroatoms. The Morgan fingerprint density at radius 1 is 1.38 bits per heavy atom. The summed E-state index contributed by atoms with van der Waals surface area (Å²) in [7, 11) is 0. The smallest absolute Gasteiger partial charge is 0.165 e. The van der Waals surface area contributed by atoms with E-state index in [2.05, 4.69) is 4.98 Å². The van der Waals surface area contributed by atoms with Crippen molar-refractivity contribution in [1.29, 1.82) is 0 Å². The number of fused-ring (bicyclic) bond motifs is 1. The normalized spacial score (nSPS) is 10.9. The molecule has 1 aromatic heterocycles. The molecule has 0 amide bonds. The maximum Gasteiger partial charge on any atom is 0.165 e. The van der Waals surface area contributed by atoms with Gasteiger partial charge >= 0.3 is 0 Å². The first-order valence-electron chi connectivity index (χ1n) is 5.54. The Hall–Kier alpha value is -1.61. The number of nitrogens with one attached hydrogen (secondary N) is 1. The van der Waals surface area contributed by atoms with Gasteiger partial charge in [-0.15, -0.1) is 0 Å². The summed E-state index contributed by atoms with van der Waals surface area (Å²) in [6, 6.07) is 7.89. The number of H-pyrrole nitrogens is 1. The van der Waals surface area contributed by atoms with Crippen LogP contribution in [-0.2, 0) is 0 Å². The van der Waals surface area contributed by atoms with E-state index in [9.17, 15) is 4.79 Å². The van der Waals surface area contributed by atoms with E-state index in [1.165, 1.54) is 0 Å². The molecule has 0 aliphatic rings. The summed E-state index contributed by atoms with van der Waals surface area (Å²) in [4.78, 5) is 15.3. The number of carbonyl (C=O) groups is 1. The topological polar surface area (TPSA) is 58.9 Å². The summed E-state index contributed by atoms with van der Waals surface area (Å²) in [6.45, 7) is 2.50. The minimum atomic E-state index is 0.181. The third-order valence-electron chi connectivity index (χ3n) is 2.78. The molecule has 0 saturated carbocycles. The number of nitrogens with two attached hydrogens (primary N) is 1. The molecule has 3 N–H and O–H groups in total. The first kappa shape index (κ1) is 10.9. The van der Waals surface area contributed by atoms with Crippen LogP contribution in [0.5, 0.6) is 0 Å². The van der Waals surface area contributed by atoms with Gasteiger partial charge in [0.15, 0.2) is 5.78 Å². The van der Waals surface area contributed by atoms with Crippen molar-refractivity contribution in [3.8, 4) is 0 Å². The zero-order chi connectivity index (χ0) is 11.5. The maximum absolute atomic E-state index is 12.0. The molecule has 16 heavy (non-hydrogen) atoms. The molecule has 0 atom stereocenters. The Morgan fingerprint density at radius 3 is 2.88 bits per heavy atom. The average Bonchev–Trinajstić information content (AvgIpc) is 2.62. The molecule has 1 aromatic carbocycles. The number of benzene rings is 1. The minimum absolute atomic E-state index is 0.181. The Morgan fingerprint density at radius 2 is 2.12 bits per heavy atom. The zero-order valence-electron chi connectivity index (χ0n) is 9.42. The Kier molecular flexibility index (Phi) is 3.06. The molecule has 0 unspecified atom stereocenters. The van der Waals surface area contributed by atoms with Crippen molar-refractivity contribution >= 4 is 16.7 Å². The second-order valence-corrected chi connectivity index (χ2v) is 3.99. The van der Waals surface area contributed by atoms with E-state index in [0.717, 1.165) is 28.6 Å². The number of aromatic amines is 1. The monoisotopic (exact) mass is 216 g/mol. The predicted octanol–water partition coefficient (Wildman–Crippen LogP) is 2.40. The number of para-hydroxylation sites is 1. The van der Waals surface area contributed by atoms with Crippen LogP contribution in [0.2, 0.25) is 0 Å². The van der Waals surface area contributed by atoms with Crippen molar-refractivity contribution in [1.82, 2.24) is 4.98 Å². The van der Waals surface area contributed by atoms with Crippen LogP contribution in [-0.4, -0.2) is 17.3 Å². The van der Waals surface area contributed by atoms with Gasteiger partial charge in [-0.05, 0) is 26.0 Å². The summed E-state index contributed by atoms with van der Waals surface area (Å²) in [5.41, 5.74) is 8.22. The van der Waals surface area contributed by atoms with E-state index >= 15 is 0 Å². The standard InChI is InChI=1S/C13H16N2O/c1-9-13(12(16)7-4-8-14)10-5-2-3-6-11(10)15-9/h2-3,5-6,15H,4,7-8,14H2,1H3. The second kappa shape index (κ2) is 4.49.